The molecule has 0 spiro atoms. The molecule has 2 heterocycles. The minimum absolute atomic E-state index is 0.00267. The molecule has 0 N–H and O–H groups in total. The van der Waals surface area contributed by atoms with Gasteiger partial charge in [0.1, 0.15) is 12.4 Å². The Kier molecular flexibility index (Phi) is 8.35. The molecule has 174 valence electrons. The predicted molar refractivity (Wildman–Crippen MR) is 130 cm³/mol. The molecule has 1 aromatic carbocycles. The monoisotopic (exact) mass is 456 g/mol. The number of hydrogen-bond donors (Lipinski definition) is 0. The van der Waals surface area contributed by atoms with E-state index in [9.17, 15) is 9.59 Å². The first kappa shape index (κ1) is 24.3. The maximum absolute atomic E-state index is 13.5. The quantitative estimate of drug-likeness (QED) is 0.528. The van der Waals surface area contributed by atoms with Gasteiger partial charge in [0.05, 0.1) is 12.6 Å². The number of carbonyl (C=O) groups excluding carboxylic acids is 2. The largest absolute Gasteiger partial charge is 0.491 e. The van der Waals surface area contributed by atoms with Crippen LogP contribution in [0.15, 0.2) is 35.7 Å². The Morgan fingerprint density at radius 3 is 2.53 bits per heavy atom. The molecule has 32 heavy (non-hydrogen) atoms. The summed E-state index contributed by atoms with van der Waals surface area (Å²) in [7, 11) is 0. The molecule has 0 aliphatic carbocycles. The van der Waals surface area contributed by atoms with Crippen molar-refractivity contribution < 1.29 is 14.3 Å². The van der Waals surface area contributed by atoms with Gasteiger partial charge in [0.15, 0.2) is 0 Å². The standard InChI is InChI=1S/C26H36N2O3S/c1-18(2)10-13-27(26(30)19(3)4)16-25(29)28-14-11-24-22(12-15-32-24)23(28)17-31-21-8-6-20(5)7-9-21/h6-9,12,15,18-19,23H,10-11,13-14,16-17H2,1-5H3. The fourth-order valence-corrected chi connectivity index (χ4v) is 4.91. The predicted octanol–water partition coefficient (Wildman–Crippen LogP) is 5.09. The number of nitrogens with zero attached hydrogens (tertiary/aromatic N) is 2. The highest BCUT2D eigenvalue weighted by molar-refractivity contribution is 7.10. The molecule has 2 aromatic rings. The van der Waals surface area contributed by atoms with Crippen LogP contribution in [0.5, 0.6) is 5.75 Å². The van der Waals surface area contributed by atoms with Crippen LogP contribution in [0.1, 0.15) is 56.2 Å². The van der Waals surface area contributed by atoms with Gasteiger partial charge in [-0.05, 0) is 54.8 Å². The molecule has 0 saturated heterocycles. The molecule has 1 aliphatic rings. The third-order valence-corrected chi connectivity index (χ3v) is 6.95. The first-order chi connectivity index (χ1) is 15.3. The summed E-state index contributed by atoms with van der Waals surface area (Å²) < 4.78 is 6.11. The molecule has 2 amide bonds. The molecule has 3 rings (SSSR count). The summed E-state index contributed by atoms with van der Waals surface area (Å²) in [6.45, 7) is 11.9. The molecule has 1 aromatic heterocycles. The van der Waals surface area contributed by atoms with Gasteiger partial charge in [-0.1, -0.05) is 45.4 Å². The molecule has 6 heteroatoms. The van der Waals surface area contributed by atoms with Crippen LogP contribution in [-0.2, 0) is 16.0 Å². The minimum Gasteiger partial charge on any atom is -0.491 e. The van der Waals surface area contributed by atoms with Gasteiger partial charge in [0.25, 0.3) is 0 Å². The Morgan fingerprint density at radius 2 is 1.88 bits per heavy atom. The Hall–Kier alpha value is -2.34. The SMILES string of the molecule is Cc1ccc(OCC2c3ccsc3CCN2C(=O)CN(CCC(C)C)C(=O)C(C)C)cc1. The van der Waals surface area contributed by atoms with Crippen molar-refractivity contribution in [2.75, 3.05) is 26.2 Å². The van der Waals surface area contributed by atoms with E-state index in [0.717, 1.165) is 18.6 Å². The van der Waals surface area contributed by atoms with Crippen molar-refractivity contribution >= 4 is 23.2 Å². The average Bonchev–Trinajstić information content (AvgIpc) is 3.24. The summed E-state index contributed by atoms with van der Waals surface area (Å²) in [5.74, 6) is 1.20. The molecule has 0 radical (unpaired) electrons. The Morgan fingerprint density at radius 1 is 1.16 bits per heavy atom. The normalized spacial score (nSPS) is 15.7. The average molecular weight is 457 g/mol. The van der Waals surface area contributed by atoms with Crippen molar-refractivity contribution in [1.82, 2.24) is 9.80 Å². The van der Waals surface area contributed by atoms with E-state index >= 15 is 0 Å². The molecule has 1 atom stereocenters. The van der Waals surface area contributed by atoms with Crippen molar-refractivity contribution in [3.05, 3.63) is 51.7 Å². The maximum atomic E-state index is 13.5. The Labute approximate surface area is 196 Å². The van der Waals surface area contributed by atoms with Gasteiger partial charge < -0.3 is 14.5 Å². The van der Waals surface area contributed by atoms with Crippen LogP contribution in [0, 0.1) is 18.8 Å². The van der Waals surface area contributed by atoms with E-state index in [1.165, 1.54) is 16.0 Å². The van der Waals surface area contributed by atoms with E-state index in [1.54, 1.807) is 16.2 Å². The first-order valence-electron chi connectivity index (χ1n) is 11.6. The van der Waals surface area contributed by atoms with Crippen LogP contribution < -0.4 is 4.74 Å². The van der Waals surface area contributed by atoms with E-state index in [2.05, 4.69) is 25.3 Å². The van der Waals surface area contributed by atoms with E-state index < -0.39 is 0 Å². The highest BCUT2D eigenvalue weighted by Gasteiger charge is 2.33. The molecular weight excluding hydrogens is 420 g/mol. The van der Waals surface area contributed by atoms with Crippen LogP contribution >= 0.6 is 11.3 Å². The van der Waals surface area contributed by atoms with Crippen LogP contribution in [-0.4, -0.2) is 47.9 Å². The van der Waals surface area contributed by atoms with Crippen molar-refractivity contribution in [1.29, 1.82) is 0 Å². The van der Waals surface area contributed by atoms with Gasteiger partial charge >= 0.3 is 0 Å². The minimum atomic E-state index is -0.139. The zero-order valence-corrected chi connectivity index (χ0v) is 20.8. The highest BCUT2D eigenvalue weighted by Crippen LogP contribution is 2.34. The van der Waals surface area contributed by atoms with E-state index in [-0.39, 0.29) is 30.3 Å². The lowest BCUT2D eigenvalue weighted by Crippen LogP contribution is -2.48. The third kappa shape index (κ3) is 6.12. The molecular formula is C26H36N2O3S. The fraction of sp³-hybridized carbons (Fsp3) is 0.538. The Bertz CT molecular complexity index is 904. The lowest BCUT2D eigenvalue weighted by molar-refractivity contribution is -0.144. The molecule has 1 aliphatic heterocycles. The number of thiophene rings is 1. The van der Waals surface area contributed by atoms with Crippen molar-refractivity contribution in [3.8, 4) is 5.75 Å². The number of benzene rings is 1. The van der Waals surface area contributed by atoms with Gasteiger partial charge in [-0.2, -0.15) is 0 Å². The van der Waals surface area contributed by atoms with Crippen molar-refractivity contribution in [2.24, 2.45) is 11.8 Å². The number of amides is 2. The smallest absolute Gasteiger partial charge is 0.242 e. The molecule has 1 unspecified atom stereocenters. The number of hydrogen-bond acceptors (Lipinski definition) is 4. The van der Waals surface area contributed by atoms with Gasteiger partial charge in [0, 0.05) is 23.9 Å². The zero-order valence-electron chi connectivity index (χ0n) is 20.0. The summed E-state index contributed by atoms with van der Waals surface area (Å²) in [4.78, 5) is 31.2. The molecule has 0 bridgehead atoms. The third-order valence-electron chi connectivity index (χ3n) is 5.95. The summed E-state index contributed by atoms with van der Waals surface area (Å²) in [6.07, 6.45) is 1.74. The Balaban J connectivity index is 1.75. The second-order valence-electron chi connectivity index (χ2n) is 9.37. The number of carbonyl (C=O) groups is 2. The van der Waals surface area contributed by atoms with Crippen LogP contribution in [0.25, 0.3) is 0 Å². The van der Waals surface area contributed by atoms with E-state index in [0.29, 0.717) is 25.6 Å². The summed E-state index contributed by atoms with van der Waals surface area (Å²) in [5, 5.41) is 2.09. The van der Waals surface area contributed by atoms with Gasteiger partial charge in [0.2, 0.25) is 11.8 Å². The number of rotatable bonds is 9. The topological polar surface area (TPSA) is 49.9 Å². The summed E-state index contributed by atoms with van der Waals surface area (Å²) in [6, 6.07) is 9.96. The van der Waals surface area contributed by atoms with E-state index in [4.69, 9.17) is 4.74 Å². The van der Waals surface area contributed by atoms with Crippen LogP contribution in [0.2, 0.25) is 0 Å². The summed E-state index contributed by atoms with van der Waals surface area (Å²) >= 11 is 1.74. The molecule has 0 fully saturated rings. The second kappa shape index (κ2) is 11.0. The van der Waals surface area contributed by atoms with Gasteiger partial charge in [-0.25, -0.2) is 0 Å². The lowest BCUT2D eigenvalue weighted by Gasteiger charge is -2.37. The first-order valence-corrected chi connectivity index (χ1v) is 12.5. The fourth-order valence-electron chi connectivity index (χ4n) is 3.98. The van der Waals surface area contributed by atoms with Crippen LogP contribution in [0.3, 0.4) is 0 Å². The van der Waals surface area contributed by atoms with Crippen LogP contribution in [0.4, 0.5) is 0 Å². The number of ether oxygens (including phenoxy) is 1. The number of aryl methyl sites for hydroxylation is 1. The number of fused-ring (bicyclic) bond motifs is 1. The van der Waals surface area contributed by atoms with Crippen molar-refractivity contribution in [2.45, 2.75) is 53.5 Å². The second-order valence-corrected chi connectivity index (χ2v) is 10.4. The molecule has 0 saturated carbocycles. The maximum Gasteiger partial charge on any atom is 0.242 e. The van der Waals surface area contributed by atoms with Crippen molar-refractivity contribution in [3.63, 3.8) is 0 Å². The lowest BCUT2D eigenvalue weighted by atomic mass is 10.00. The van der Waals surface area contributed by atoms with Gasteiger partial charge in [-0.3, -0.25) is 9.59 Å². The summed E-state index contributed by atoms with van der Waals surface area (Å²) in [5.41, 5.74) is 2.36. The zero-order chi connectivity index (χ0) is 23.3. The molecule has 5 nitrogen and oxygen atoms in total. The van der Waals surface area contributed by atoms with Gasteiger partial charge in [-0.15, -0.1) is 11.3 Å². The van der Waals surface area contributed by atoms with E-state index in [1.807, 2.05) is 49.9 Å². The highest BCUT2D eigenvalue weighted by atomic mass is 32.1.